The number of carboxylic acid groups (broad SMARTS) is 1. The van der Waals surface area contributed by atoms with E-state index in [1.807, 2.05) is 33.8 Å². The molecule has 0 saturated carbocycles. The SMILES string of the molecule is CC1(C)OB(c2ccc(C(=O)O)c3[nH]ccc23)OC1(C)C. The van der Waals surface area contributed by atoms with Crippen LogP contribution in [0.15, 0.2) is 24.4 Å². The molecule has 6 heteroatoms. The molecule has 21 heavy (non-hydrogen) atoms. The highest BCUT2D eigenvalue weighted by molar-refractivity contribution is 6.65. The smallest absolute Gasteiger partial charge is 0.478 e. The molecular weight excluding hydrogens is 269 g/mol. The third-order valence-corrected chi connectivity index (χ3v) is 4.49. The number of H-pyrrole nitrogens is 1. The molecular formula is C15H18BNO4. The number of hydrogen-bond donors (Lipinski definition) is 2. The first kappa shape index (κ1) is 14.2. The maximum atomic E-state index is 11.3. The Balaban J connectivity index is 2.10. The maximum absolute atomic E-state index is 11.3. The van der Waals surface area contributed by atoms with Gasteiger partial charge in [0.1, 0.15) is 0 Å². The lowest BCUT2D eigenvalue weighted by molar-refractivity contribution is 0.00578. The monoisotopic (exact) mass is 287 g/mol. The van der Waals surface area contributed by atoms with Gasteiger partial charge in [-0.2, -0.15) is 0 Å². The van der Waals surface area contributed by atoms with E-state index < -0.39 is 24.3 Å². The van der Waals surface area contributed by atoms with Gasteiger partial charge in [-0.15, -0.1) is 0 Å². The predicted molar refractivity (Wildman–Crippen MR) is 81.0 cm³/mol. The molecule has 0 atom stereocenters. The molecule has 0 unspecified atom stereocenters. The summed E-state index contributed by atoms with van der Waals surface area (Å²) < 4.78 is 12.1. The maximum Gasteiger partial charge on any atom is 0.495 e. The van der Waals surface area contributed by atoms with E-state index in [4.69, 9.17) is 9.31 Å². The van der Waals surface area contributed by atoms with E-state index in [1.165, 1.54) is 0 Å². The van der Waals surface area contributed by atoms with Crippen LogP contribution in [-0.2, 0) is 9.31 Å². The van der Waals surface area contributed by atoms with E-state index in [1.54, 1.807) is 18.3 Å². The molecule has 110 valence electrons. The van der Waals surface area contributed by atoms with Crippen LogP contribution in [-0.4, -0.2) is 34.4 Å². The van der Waals surface area contributed by atoms with Crippen LogP contribution < -0.4 is 5.46 Å². The molecule has 2 heterocycles. The molecule has 2 aromatic rings. The van der Waals surface area contributed by atoms with E-state index in [2.05, 4.69) is 4.98 Å². The molecule has 0 bridgehead atoms. The van der Waals surface area contributed by atoms with Crippen LogP contribution in [0.5, 0.6) is 0 Å². The number of hydrogen-bond acceptors (Lipinski definition) is 3. The first-order chi connectivity index (χ1) is 9.73. The summed E-state index contributed by atoms with van der Waals surface area (Å²) in [5.41, 5.74) is 0.831. The molecule has 2 N–H and O–H groups in total. The lowest BCUT2D eigenvalue weighted by Crippen LogP contribution is -2.41. The van der Waals surface area contributed by atoms with Gasteiger partial charge >= 0.3 is 13.1 Å². The molecule has 0 amide bonds. The number of fused-ring (bicyclic) bond motifs is 1. The predicted octanol–water partition coefficient (Wildman–Crippen LogP) is 2.17. The molecule has 0 aliphatic carbocycles. The minimum absolute atomic E-state index is 0.246. The highest BCUT2D eigenvalue weighted by Gasteiger charge is 2.52. The summed E-state index contributed by atoms with van der Waals surface area (Å²) in [6.07, 6.45) is 1.73. The molecule has 1 aliphatic heterocycles. The fraction of sp³-hybridized carbons (Fsp3) is 0.400. The normalized spacial score (nSPS) is 20.1. The van der Waals surface area contributed by atoms with Gasteiger partial charge in [-0.3, -0.25) is 0 Å². The van der Waals surface area contributed by atoms with Crippen molar-refractivity contribution < 1.29 is 19.2 Å². The van der Waals surface area contributed by atoms with Crippen molar-refractivity contribution in [3.05, 3.63) is 30.0 Å². The highest BCUT2D eigenvalue weighted by atomic mass is 16.7. The van der Waals surface area contributed by atoms with Gasteiger partial charge in [0.15, 0.2) is 0 Å². The van der Waals surface area contributed by atoms with Crippen molar-refractivity contribution in [3.63, 3.8) is 0 Å². The second-order valence-electron chi connectivity index (χ2n) is 6.36. The van der Waals surface area contributed by atoms with Crippen LogP contribution in [0.2, 0.25) is 0 Å². The first-order valence-electron chi connectivity index (χ1n) is 6.92. The van der Waals surface area contributed by atoms with Crippen molar-refractivity contribution in [2.45, 2.75) is 38.9 Å². The number of nitrogens with one attached hydrogen (secondary N) is 1. The van der Waals surface area contributed by atoms with Crippen molar-refractivity contribution in [1.29, 1.82) is 0 Å². The number of carboxylic acids is 1. The van der Waals surface area contributed by atoms with Crippen molar-refractivity contribution in [2.75, 3.05) is 0 Å². The Labute approximate surface area is 123 Å². The van der Waals surface area contributed by atoms with Gasteiger partial charge in [-0.1, -0.05) is 6.07 Å². The Kier molecular flexibility index (Phi) is 2.94. The largest absolute Gasteiger partial charge is 0.495 e. The molecule has 1 aromatic heterocycles. The summed E-state index contributed by atoms with van der Waals surface area (Å²) in [7, 11) is -0.504. The molecule has 1 fully saturated rings. The fourth-order valence-electron chi connectivity index (χ4n) is 2.53. The van der Waals surface area contributed by atoms with Crippen LogP contribution in [0.3, 0.4) is 0 Å². The second kappa shape index (κ2) is 4.35. The fourth-order valence-corrected chi connectivity index (χ4v) is 2.53. The third kappa shape index (κ3) is 2.06. The number of carbonyl (C=O) groups is 1. The number of aromatic nitrogens is 1. The summed E-state index contributed by atoms with van der Waals surface area (Å²) >= 11 is 0. The highest BCUT2D eigenvalue weighted by Crippen LogP contribution is 2.37. The van der Waals surface area contributed by atoms with Gasteiger partial charge in [0.25, 0.3) is 0 Å². The van der Waals surface area contributed by atoms with Crippen molar-refractivity contribution in [1.82, 2.24) is 4.98 Å². The Morgan fingerprint density at radius 2 is 1.76 bits per heavy atom. The third-order valence-electron chi connectivity index (χ3n) is 4.49. The Morgan fingerprint density at radius 3 is 2.33 bits per heavy atom. The van der Waals surface area contributed by atoms with Crippen molar-refractivity contribution in [2.24, 2.45) is 0 Å². The number of rotatable bonds is 2. The molecule has 1 aliphatic rings. The number of aromatic amines is 1. The van der Waals surface area contributed by atoms with Crippen LogP contribution in [0, 0.1) is 0 Å². The van der Waals surface area contributed by atoms with E-state index in [9.17, 15) is 9.90 Å². The molecule has 0 radical (unpaired) electrons. The lowest BCUT2D eigenvalue weighted by Gasteiger charge is -2.32. The summed E-state index contributed by atoms with van der Waals surface area (Å²) in [5, 5.41) is 10.1. The Bertz CT molecular complexity index is 704. The van der Waals surface area contributed by atoms with Gasteiger partial charge in [-0.25, -0.2) is 4.79 Å². The molecule has 1 saturated heterocycles. The van der Waals surface area contributed by atoms with Crippen LogP contribution in [0.25, 0.3) is 10.9 Å². The summed E-state index contributed by atoms with van der Waals surface area (Å²) in [6.45, 7) is 7.97. The zero-order valence-corrected chi connectivity index (χ0v) is 12.6. The Hall–Kier alpha value is -1.79. The summed E-state index contributed by atoms with van der Waals surface area (Å²) in [4.78, 5) is 14.3. The van der Waals surface area contributed by atoms with E-state index >= 15 is 0 Å². The van der Waals surface area contributed by atoms with Crippen LogP contribution in [0.1, 0.15) is 38.1 Å². The van der Waals surface area contributed by atoms with Crippen molar-refractivity contribution >= 4 is 29.5 Å². The lowest BCUT2D eigenvalue weighted by atomic mass is 9.76. The topological polar surface area (TPSA) is 71.5 Å². The van der Waals surface area contributed by atoms with Gasteiger partial charge in [0.05, 0.1) is 22.3 Å². The average Bonchev–Trinajstić information content (AvgIpc) is 2.91. The van der Waals surface area contributed by atoms with Gasteiger partial charge in [-0.05, 0) is 45.3 Å². The second-order valence-corrected chi connectivity index (χ2v) is 6.36. The average molecular weight is 287 g/mol. The summed E-state index contributed by atoms with van der Waals surface area (Å²) in [5.74, 6) is -0.956. The minimum Gasteiger partial charge on any atom is -0.478 e. The molecule has 0 spiro atoms. The van der Waals surface area contributed by atoms with E-state index in [0.717, 1.165) is 10.8 Å². The van der Waals surface area contributed by atoms with E-state index in [0.29, 0.717) is 5.52 Å². The summed E-state index contributed by atoms with van der Waals surface area (Å²) in [6, 6.07) is 5.20. The molecule has 3 rings (SSSR count). The number of aromatic carboxylic acids is 1. The molecule has 5 nitrogen and oxygen atoms in total. The Morgan fingerprint density at radius 1 is 1.14 bits per heavy atom. The zero-order chi connectivity index (χ0) is 15.4. The van der Waals surface area contributed by atoms with Gasteiger partial charge < -0.3 is 19.4 Å². The molecule has 1 aromatic carbocycles. The van der Waals surface area contributed by atoms with Crippen molar-refractivity contribution in [3.8, 4) is 0 Å². The van der Waals surface area contributed by atoms with Crippen LogP contribution >= 0.6 is 0 Å². The van der Waals surface area contributed by atoms with E-state index in [-0.39, 0.29) is 5.56 Å². The number of benzene rings is 1. The minimum atomic E-state index is -0.956. The quantitative estimate of drug-likeness (QED) is 0.830. The first-order valence-corrected chi connectivity index (χ1v) is 6.92. The van der Waals surface area contributed by atoms with Crippen LogP contribution in [0.4, 0.5) is 0 Å². The zero-order valence-electron chi connectivity index (χ0n) is 12.6. The van der Waals surface area contributed by atoms with Gasteiger partial charge in [0.2, 0.25) is 0 Å². The van der Waals surface area contributed by atoms with Gasteiger partial charge in [0, 0.05) is 11.6 Å². The standard InChI is InChI=1S/C15H18BNO4/c1-14(2)15(3,4)21-16(20-14)11-6-5-10(13(18)19)12-9(11)7-8-17-12/h5-8,17H,1-4H3,(H,18,19).